The van der Waals surface area contributed by atoms with E-state index in [0.29, 0.717) is 5.96 Å². The highest BCUT2D eigenvalue weighted by Gasteiger charge is 2.14. The molecule has 3 N–H and O–H groups in total. The molecule has 1 aliphatic rings. The molecule has 0 unspecified atom stereocenters. The van der Waals surface area contributed by atoms with Gasteiger partial charge in [0.1, 0.15) is 0 Å². The molecule has 6 heteroatoms. The van der Waals surface area contributed by atoms with E-state index in [-0.39, 0.29) is 4.75 Å². The van der Waals surface area contributed by atoms with E-state index in [2.05, 4.69) is 35.3 Å². The second-order valence-corrected chi connectivity index (χ2v) is 6.91. The third-order valence-corrected chi connectivity index (χ3v) is 4.48. The lowest BCUT2D eigenvalue weighted by molar-refractivity contribution is 0.0376. The lowest BCUT2D eigenvalue weighted by atomic mass is 10.2. The van der Waals surface area contributed by atoms with Gasteiger partial charge in [0.05, 0.1) is 19.8 Å². The highest BCUT2D eigenvalue weighted by Crippen LogP contribution is 2.20. The Morgan fingerprint density at radius 1 is 1.42 bits per heavy atom. The van der Waals surface area contributed by atoms with Crippen LogP contribution < -0.4 is 11.1 Å². The van der Waals surface area contributed by atoms with Crippen molar-refractivity contribution >= 4 is 17.7 Å². The molecule has 0 bridgehead atoms. The van der Waals surface area contributed by atoms with Gasteiger partial charge >= 0.3 is 0 Å². The summed E-state index contributed by atoms with van der Waals surface area (Å²) < 4.78 is 5.47. The Kier molecular flexibility index (Phi) is 7.56. The molecule has 0 aromatic heterocycles. The van der Waals surface area contributed by atoms with Crippen LogP contribution in [-0.4, -0.2) is 67.8 Å². The third kappa shape index (κ3) is 7.64. The van der Waals surface area contributed by atoms with Gasteiger partial charge in [-0.1, -0.05) is 0 Å². The van der Waals surface area contributed by atoms with E-state index in [4.69, 9.17) is 10.5 Å². The zero-order valence-electron chi connectivity index (χ0n) is 12.4. The van der Waals surface area contributed by atoms with Gasteiger partial charge < -0.3 is 15.8 Å². The van der Waals surface area contributed by atoms with Gasteiger partial charge in [0.25, 0.3) is 0 Å². The van der Waals surface area contributed by atoms with Gasteiger partial charge in [-0.25, -0.2) is 0 Å². The molecule has 5 nitrogen and oxygen atoms in total. The van der Waals surface area contributed by atoms with Gasteiger partial charge in [-0.2, -0.15) is 11.8 Å². The molecule has 0 amide bonds. The summed E-state index contributed by atoms with van der Waals surface area (Å²) in [6.45, 7) is 10.9. The molecule has 1 aliphatic heterocycles. The normalized spacial score (nSPS) is 18.6. The molecular formula is C13H28N4OS. The van der Waals surface area contributed by atoms with Crippen molar-refractivity contribution in [2.45, 2.75) is 25.0 Å². The molecule has 0 aromatic carbocycles. The molecule has 0 radical (unpaired) electrons. The molecule has 0 atom stereocenters. The second kappa shape index (κ2) is 8.66. The van der Waals surface area contributed by atoms with Crippen molar-refractivity contribution < 1.29 is 4.74 Å². The van der Waals surface area contributed by atoms with Crippen molar-refractivity contribution in [1.29, 1.82) is 0 Å². The molecule has 1 heterocycles. The molecule has 1 saturated heterocycles. The lowest BCUT2D eigenvalue weighted by Crippen LogP contribution is -2.39. The standard InChI is InChI=1S/C13H28N4OS/c1-13(2,19-3)11-16-12(14)15-5-4-6-17-7-9-18-10-8-17/h4-11H2,1-3H3,(H3,14,15,16). The van der Waals surface area contributed by atoms with Crippen LogP contribution in [0.25, 0.3) is 0 Å². The first-order valence-electron chi connectivity index (χ1n) is 6.92. The maximum absolute atomic E-state index is 5.85. The van der Waals surface area contributed by atoms with Crippen molar-refractivity contribution in [1.82, 2.24) is 10.2 Å². The number of nitrogens with zero attached hydrogens (tertiary/aromatic N) is 2. The Labute approximate surface area is 121 Å². The van der Waals surface area contributed by atoms with Crippen LogP contribution in [0.3, 0.4) is 0 Å². The van der Waals surface area contributed by atoms with Crippen molar-refractivity contribution in [3.63, 3.8) is 0 Å². The summed E-state index contributed by atoms with van der Waals surface area (Å²) in [7, 11) is 0. The van der Waals surface area contributed by atoms with E-state index in [1.165, 1.54) is 0 Å². The first-order valence-corrected chi connectivity index (χ1v) is 8.15. The number of guanidine groups is 1. The smallest absolute Gasteiger partial charge is 0.188 e. The number of hydrogen-bond acceptors (Lipinski definition) is 4. The SMILES string of the molecule is CSC(C)(C)CN=C(N)NCCCN1CCOCC1. The number of rotatable bonds is 7. The van der Waals surface area contributed by atoms with Crippen LogP contribution >= 0.6 is 11.8 Å². The quantitative estimate of drug-likeness (QED) is 0.411. The fourth-order valence-electron chi connectivity index (χ4n) is 1.74. The summed E-state index contributed by atoms with van der Waals surface area (Å²) in [5.74, 6) is 0.559. The largest absolute Gasteiger partial charge is 0.379 e. The van der Waals surface area contributed by atoms with Gasteiger partial charge in [-0.15, -0.1) is 0 Å². The molecule has 0 aromatic rings. The van der Waals surface area contributed by atoms with Crippen LogP contribution in [0, 0.1) is 0 Å². The van der Waals surface area contributed by atoms with Gasteiger partial charge in [-0.3, -0.25) is 9.89 Å². The highest BCUT2D eigenvalue weighted by molar-refractivity contribution is 7.99. The van der Waals surface area contributed by atoms with E-state index >= 15 is 0 Å². The Morgan fingerprint density at radius 3 is 2.74 bits per heavy atom. The third-order valence-electron chi connectivity index (χ3n) is 3.24. The van der Waals surface area contributed by atoms with E-state index in [1.54, 1.807) is 0 Å². The number of aliphatic imine (C=N–C) groups is 1. The van der Waals surface area contributed by atoms with E-state index in [9.17, 15) is 0 Å². The summed E-state index contributed by atoms with van der Waals surface area (Å²) in [6, 6.07) is 0. The maximum atomic E-state index is 5.85. The van der Waals surface area contributed by atoms with Crippen LogP contribution in [0.1, 0.15) is 20.3 Å². The number of ether oxygens (including phenoxy) is 1. The van der Waals surface area contributed by atoms with Crippen molar-refractivity contribution in [3.8, 4) is 0 Å². The van der Waals surface area contributed by atoms with E-state index < -0.39 is 0 Å². The van der Waals surface area contributed by atoms with Crippen molar-refractivity contribution in [2.75, 3.05) is 52.2 Å². The number of nitrogens with one attached hydrogen (secondary N) is 1. The molecule has 1 fully saturated rings. The van der Waals surface area contributed by atoms with Gasteiger partial charge in [0.2, 0.25) is 0 Å². The predicted molar refractivity (Wildman–Crippen MR) is 84.0 cm³/mol. The lowest BCUT2D eigenvalue weighted by Gasteiger charge is -2.26. The highest BCUT2D eigenvalue weighted by atomic mass is 32.2. The summed E-state index contributed by atoms with van der Waals surface area (Å²) in [5, 5.41) is 3.18. The minimum Gasteiger partial charge on any atom is -0.379 e. The van der Waals surface area contributed by atoms with Gasteiger partial charge in [0.15, 0.2) is 5.96 Å². The monoisotopic (exact) mass is 288 g/mol. The summed E-state index contributed by atoms with van der Waals surface area (Å²) in [6.07, 6.45) is 3.18. The molecule has 0 spiro atoms. The molecule has 0 saturated carbocycles. The molecule has 112 valence electrons. The first kappa shape index (κ1) is 16.6. The van der Waals surface area contributed by atoms with Crippen LogP contribution in [-0.2, 0) is 4.74 Å². The minimum absolute atomic E-state index is 0.153. The molecule has 19 heavy (non-hydrogen) atoms. The second-order valence-electron chi connectivity index (χ2n) is 5.40. The Balaban J connectivity index is 2.09. The summed E-state index contributed by atoms with van der Waals surface area (Å²) in [5.41, 5.74) is 5.85. The number of nitrogens with two attached hydrogens (primary N) is 1. The zero-order valence-corrected chi connectivity index (χ0v) is 13.3. The fourth-order valence-corrected chi connectivity index (χ4v) is 1.93. The van der Waals surface area contributed by atoms with Crippen molar-refractivity contribution in [3.05, 3.63) is 0 Å². The average molecular weight is 288 g/mol. The van der Waals surface area contributed by atoms with Crippen LogP contribution in [0.5, 0.6) is 0 Å². The molecular weight excluding hydrogens is 260 g/mol. The minimum atomic E-state index is 0.153. The maximum Gasteiger partial charge on any atom is 0.188 e. The predicted octanol–water partition coefficient (Wildman–Crippen LogP) is 0.755. The Bertz CT molecular complexity index is 278. The summed E-state index contributed by atoms with van der Waals surface area (Å²) in [4.78, 5) is 6.81. The number of thioether (sulfide) groups is 1. The van der Waals surface area contributed by atoms with Crippen LogP contribution in [0.4, 0.5) is 0 Å². The number of hydrogen-bond donors (Lipinski definition) is 2. The van der Waals surface area contributed by atoms with E-state index in [0.717, 1.165) is 52.4 Å². The molecule has 1 rings (SSSR count). The number of morpholine rings is 1. The fraction of sp³-hybridized carbons (Fsp3) is 0.923. The van der Waals surface area contributed by atoms with Gasteiger partial charge in [-0.05, 0) is 33.1 Å². The van der Waals surface area contributed by atoms with Crippen molar-refractivity contribution in [2.24, 2.45) is 10.7 Å². The molecule has 0 aliphatic carbocycles. The van der Waals surface area contributed by atoms with Crippen LogP contribution in [0.2, 0.25) is 0 Å². The van der Waals surface area contributed by atoms with Crippen LogP contribution in [0.15, 0.2) is 4.99 Å². The van der Waals surface area contributed by atoms with Gasteiger partial charge in [0, 0.05) is 24.4 Å². The Hall–Kier alpha value is -0.460. The Morgan fingerprint density at radius 2 is 2.11 bits per heavy atom. The van der Waals surface area contributed by atoms with E-state index in [1.807, 2.05) is 11.8 Å². The summed E-state index contributed by atoms with van der Waals surface area (Å²) >= 11 is 1.81. The average Bonchev–Trinajstić information content (AvgIpc) is 2.43. The zero-order chi connectivity index (χ0) is 14.1. The first-order chi connectivity index (χ1) is 9.03. The topological polar surface area (TPSA) is 62.9 Å².